The second-order valence-corrected chi connectivity index (χ2v) is 6.58. The molecule has 1 saturated heterocycles. The second-order valence-electron chi connectivity index (χ2n) is 6.58. The van der Waals surface area contributed by atoms with Crippen LogP contribution in [0.1, 0.15) is 25.5 Å². The number of rotatable bonds is 5. The number of amides is 1. The minimum atomic E-state index is 0. The fraction of sp³-hybridized carbons (Fsp3) is 0.579. The van der Waals surface area contributed by atoms with Crippen molar-refractivity contribution in [2.45, 2.75) is 19.9 Å². The van der Waals surface area contributed by atoms with Gasteiger partial charge in [0.15, 0.2) is 5.96 Å². The summed E-state index contributed by atoms with van der Waals surface area (Å²) < 4.78 is 0. The molecule has 1 fully saturated rings. The summed E-state index contributed by atoms with van der Waals surface area (Å²) in [5.41, 5.74) is 1.27. The topological polar surface area (TPSA) is 51.2 Å². The monoisotopic (exact) mass is 473 g/mol. The number of hydrogen-bond donors (Lipinski definition) is 1. The van der Waals surface area contributed by atoms with Gasteiger partial charge in [-0.15, -0.1) is 24.0 Å². The van der Waals surface area contributed by atoms with Crippen molar-refractivity contribution in [3.05, 3.63) is 35.9 Å². The minimum absolute atomic E-state index is 0. The van der Waals surface area contributed by atoms with Crippen LogP contribution in [-0.4, -0.2) is 79.9 Å². The highest BCUT2D eigenvalue weighted by atomic mass is 127. The molecule has 1 aliphatic rings. The summed E-state index contributed by atoms with van der Waals surface area (Å²) in [4.78, 5) is 22.7. The van der Waals surface area contributed by atoms with E-state index in [-0.39, 0.29) is 35.9 Å². The zero-order valence-corrected chi connectivity index (χ0v) is 18.6. The average Bonchev–Trinajstić information content (AvgIpc) is 2.61. The summed E-state index contributed by atoms with van der Waals surface area (Å²) in [6.45, 7) is 8.42. The van der Waals surface area contributed by atoms with Gasteiger partial charge in [-0.3, -0.25) is 9.79 Å². The van der Waals surface area contributed by atoms with Crippen molar-refractivity contribution in [2.24, 2.45) is 4.99 Å². The van der Waals surface area contributed by atoms with Gasteiger partial charge in [0.25, 0.3) is 0 Å². The first-order valence-corrected chi connectivity index (χ1v) is 9.03. The molecule has 2 rings (SSSR count). The maximum atomic E-state index is 11.5. The van der Waals surface area contributed by atoms with Gasteiger partial charge >= 0.3 is 0 Å². The van der Waals surface area contributed by atoms with Crippen LogP contribution in [0.5, 0.6) is 0 Å². The van der Waals surface area contributed by atoms with Gasteiger partial charge in [0, 0.05) is 39.6 Å². The quantitative estimate of drug-likeness (QED) is 0.404. The molecule has 1 aliphatic heterocycles. The Labute approximate surface area is 174 Å². The van der Waals surface area contributed by atoms with E-state index < -0.39 is 0 Å². The van der Waals surface area contributed by atoms with Crippen LogP contribution >= 0.6 is 24.0 Å². The number of carbonyl (C=O) groups excluding carboxylic acids is 1. The Kier molecular flexibility index (Phi) is 9.93. The Morgan fingerprint density at radius 1 is 1.15 bits per heavy atom. The van der Waals surface area contributed by atoms with E-state index in [9.17, 15) is 4.79 Å². The number of nitrogens with one attached hydrogen (secondary N) is 1. The SMILES string of the molecule is CCNC(=NCC(c1ccccc1)N(C)C)N1CCN(C(C)=O)CC1.I. The lowest BCUT2D eigenvalue weighted by molar-refractivity contribution is -0.130. The highest BCUT2D eigenvalue weighted by Gasteiger charge is 2.21. The van der Waals surface area contributed by atoms with E-state index in [1.54, 1.807) is 6.92 Å². The van der Waals surface area contributed by atoms with E-state index in [2.05, 4.69) is 60.4 Å². The van der Waals surface area contributed by atoms with Gasteiger partial charge < -0.3 is 20.0 Å². The first-order valence-electron chi connectivity index (χ1n) is 9.03. The Bertz CT molecular complexity index is 571. The van der Waals surface area contributed by atoms with Gasteiger partial charge in [-0.2, -0.15) is 0 Å². The molecule has 0 spiro atoms. The first-order chi connectivity index (χ1) is 12.0. The van der Waals surface area contributed by atoms with Crippen molar-refractivity contribution >= 4 is 35.8 Å². The number of carbonyl (C=O) groups is 1. The maximum Gasteiger partial charge on any atom is 0.219 e. The molecule has 0 aromatic heterocycles. The molecule has 1 aromatic carbocycles. The van der Waals surface area contributed by atoms with Gasteiger partial charge in [-0.25, -0.2) is 0 Å². The van der Waals surface area contributed by atoms with E-state index in [4.69, 9.17) is 4.99 Å². The smallest absolute Gasteiger partial charge is 0.219 e. The van der Waals surface area contributed by atoms with Crippen molar-refractivity contribution in [3.63, 3.8) is 0 Å². The van der Waals surface area contributed by atoms with Gasteiger partial charge in [0.1, 0.15) is 0 Å². The number of halogens is 1. The lowest BCUT2D eigenvalue weighted by Gasteiger charge is -2.36. The maximum absolute atomic E-state index is 11.5. The highest BCUT2D eigenvalue weighted by molar-refractivity contribution is 14.0. The van der Waals surface area contributed by atoms with Crippen molar-refractivity contribution in [1.29, 1.82) is 0 Å². The van der Waals surface area contributed by atoms with E-state index in [1.807, 2.05) is 11.0 Å². The van der Waals surface area contributed by atoms with Crippen LogP contribution in [0.4, 0.5) is 0 Å². The molecule has 1 aromatic rings. The van der Waals surface area contributed by atoms with Crippen molar-refractivity contribution in [1.82, 2.24) is 20.0 Å². The summed E-state index contributed by atoms with van der Waals surface area (Å²) in [7, 11) is 4.18. The molecule has 0 aliphatic carbocycles. The summed E-state index contributed by atoms with van der Waals surface area (Å²) in [6, 6.07) is 10.7. The molecule has 0 radical (unpaired) electrons. The number of guanidine groups is 1. The minimum Gasteiger partial charge on any atom is -0.357 e. The lowest BCUT2D eigenvalue weighted by atomic mass is 10.1. The second kappa shape index (κ2) is 11.4. The molecule has 1 unspecified atom stereocenters. The molecule has 7 heteroatoms. The third kappa shape index (κ3) is 6.42. The van der Waals surface area contributed by atoms with Crippen molar-refractivity contribution < 1.29 is 4.79 Å². The number of likely N-dealkylation sites (N-methyl/N-ethyl adjacent to an activating group) is 1. The molecule has 0 bridgehead atoms. The number of hydrogen-bond acceptors (Lipinski definition) is 3. The Hall–Kier alpha value is -1.35. The van der Waals surface area contributed by atoms with E-state index in [1.165, 1.54) is 5.56 Å². The van der Waals surface area contributed by atoms with Crippen LogP contribution in [-0.2, 0) is 4.79 Å². The lowest BCUT2D eigenvalue weighted by Crippen LogP contribution is -2.53. The fourth-order valence-corrected chi connectivity index (χ4v) is 3.07. The molecule has 6 nitrogen and oxygen atoms in total. The number of benzene rings is 1. The number of piperazine rings is 1. The van der Waals surface area contributed by atoms with Crippen LogP contribution in [0.3, 0.4) is 0 Å². The zero-order valence-electron chi connectivity index (χ0n) is 16.3. The molecule has 0 saturated carbocycles. The molecular weight excluding hydrogens is 441 g/mol. The summed E-state index contributed by atoms with van der Waals surface area (Å²) in [5.74, 6) is 1.09. The molecular formula is C19H32IN5O. The zero-order chi connectivity index (χ0) is 18.2. The van der Waals surface area contributed by atoms with Crippen molar-refractivity contribution in [2.75, 3.05) is 53.4 Å². The average molecular weight is 473 g/mol. The number of nitrogens with zero attached hydrogens (tertiary/aromatic N) is 4. The summed E-state index contributed by atoms with van der Waals surface area (Å²) in [6.07, 6.45) is 0. The Balaban J connectivity index is 0.00000338. The van der Waals surface area contributed by atoms with Crippen LogP contribution in [0.2, 0.25) is 0 Å². The molecule has 146 valence electrons. The van der Waals surface area contributed by atoms with Gasteiger partial charge in [-0.05, 0) is 26.6 Å². The van der Waals surface area contributed by atoms with Gasteiger partial charge in [0.05, 0.1) is 12.6 Å². The molecule has 1 amide bonds. The van der Waals surface area contributed by atoms with Gasteiger partial charge in [0.2, 0.25) is 5.91 Å². The fourth-order valence-electron chi connectivity index (χ4n) is 3.07. The molecule has 1 atom stereocenters. The molecule has 26 heavy (non-hydrogen) atoms. The third-order valence-corrected chi connectivity index (χ3v) is 4.58. The standard InChI is InChI=1S/C19H31N5O.HI/c1-5-20-19(24-13-11-23(12-14-24)16(2)25)21-15-18(22(3)4)17-9-7-6-8-10-17;/h6-10,18H,5,11-15H2,1-4H3,(H,20,21);1H. The van der Waals surface area contributed by atoms with Crippen LogP contribution in [0, 0.1) is 0 Å². The Morgan fingerprint density at radius 2 is 1.73 bits per heavy atom. The largest absolute Gasteiger partial charge is 0.357 e. The number of aliphatic imine (C=N–C) groups is 1. The Morgan fingerprint density at radius 3 is 2.23 bits per heavy atom. The van der Waals surface area contributed by atoms with Crippen LogP contribution < -0.4 is 5.32 Å². The third-order valence-electron chi connectivity index (χ3n) is 4.58. The van der Waals surface area contributed by atoms with Crippen LogP contribution in [0.15, 0.2) is 35.3 Å². The predicted octanol–water partition coefficient (Wildman–Crippen LogP) is 2.04. The van der Waals surface area contributed by atoms with Crippen molar-refractivity contribution in [3.8, 4) is 0 Å². The van der Waals surface area contributed by atoms with E-state index in [0.29, 0.717) is 6.54 Å². The summed E-state index contributed by atoms with van der Waals surface area (Å²) >= 11 is 0. The highest BCUT2D eigenvalue weighted by Crippen LogP contribution is 2.18. The summed E-state index contributed by atoms with van der Waals surface area (Å²) in [5, 5.41) is 3.40. The van der Waals surface area contributed by atoms with E-state index in [0.717, 1.165) is 38.7 Å². The van der Waals surface area contributed by atoms with Gasteiger partial charge in [-0.1, -0.05) is 30.3 Å². The van der Waals surface area contributed by atoms with Crippen LogP contribution in [0.25, 0.3) is 0 Å². The predicted molar refractivity (Wildman–Crippen MR) is 118 cm³/mol. The molecule has 1 heterocycles. The first kappa shape index (κ1) is 22.7. The normalized spacial score (nSPS) is 16.3. The van der Waals surface area contributed by atoms with E-state index >= 15 is 0 Å². The molecule has 1 N–H and O–H groups in total.